The van der Waals surface area contributed by atoms with Crippen LogP contribution in [0.15, 0.2) is 0 Å². The van der Waals surface area contributed by atoms with Crippen molar-refractivity contribution in [2.24, 2.45) is 11.8 Å². The Balaban J connectivity index is 0.000000653. The fourth-order valence-corrected chi connectivity index (χ4v) is 4.16. The second-order valence-electron chi connectivity index (χ2n) is 5.47. The lowest BCUT2D eigenvalue weighted by Crippen LogP contribution is -3.22. The Labute approximate surface area is 85.7 Å². The molecule has 2 saturated heterocycles. The van der Waals surface area contributed by atoms with Gasteiger partial charge in [-0.25, -0.2) is 0 Å². The Morgan fingerprint density at radius 3 is 2.15 bits per heavy atom. The van der Waals surface area contributed by atoms with E-state index in [4.69, 9.17) is 0 Å². The minimum Gasteiger partial charge on any atom is -1.00 e. The van der Waals surface area contributed by atoms with Gasteiger partial charge >= 0.3 is 0 Å². The summed E-state index contributed by atoms with van der Waals surface area (Å²) in [5, 5.41) is 12.5. The van der Waals surface area contributed by atoms with Crippen molar-refractivity contribution in [1.29, 1.82) is 0 Å². The topological polar surface area (TPSA) is 27.5 Å². The van der Waals surface area contributed by atoms with Crippen LogP contribution in [-0.4, -0.2) is 11.6 Å². The van der Waals surface area contributed by atoms with E-state index < -0.39 is 0 Å². The van der Waals surface area contributed by atoms with Crippen LogP contribution in [0.4, 0.5) is 0 Å². The molecule has 2 saturated carbocycles. The summed E-state index contributed by atoms with van der Waals surface area (Å²) in [6.45, 7) is 2.21. The van der Waals surface area contributed by atoms with E-state index in [-0.39, 0.29) is 17.9 Å². The van der Waals surface area contributed by atoms with Crippen LogP contribution in [0.25, 0.3) is 0 Å². The molecule has 4 aliphatic rings. The molecule has 4 bridgehead atoms. The summed E-state index contributed by atoms with van der Waals surface area (Å²) < 4.78 is 0. The molecule has 3 heteroatoms. The van der Waals surface area contributed by atoms with Gasteiger partial charge in [0, 0.05) is 25.7 Å². The maximum atomic E-state index is 11.9. The van der Waals surface area contributed by atoms with E-state index in [1.165, 1.54) is 32.1 Å². The summed E-state index contributed by atoms with van der Waals surface area (Å²) in [5.74, 6) is 1.82. The number of nitrogens with one attached hydrogen (secondary N) is 1. The van der Waals surface area contributed by atoms with E-state index in [1.54, 1.807) is 0 Å². The minimum atomic E-state index is 0. The lowest BCUT2D eigenvalue weighted by molar-refractivity contribution is -0.946. The van der Waals surface area contributed by atoms with E-state index in [2.05, 4.69) is 6.92 Å². The fourth-order valence-electron chi connectivity index (χ4n) is 4.16. The van der Waals surface area contributed by atoms with Gasteiger partial charge in [0.2, 0.25) is 0 Å². The molecule has 1 N–H and O–H groups in total. The third-order valence-corrected chi connectivity index (χ3v) is 4.35. The maximum Gasteiger partial charge on any atom is 0.0953 e. The van der Waals surface area contributed by atoms with Crippen LogP contribution in [0.1, 0.15) is 39.0 Å². The van der Waals surface area contributed by atoms with Crippen LogP contribution in [0.3, 0.4) is 0 Å². The first-order valence-electron chi connectivity index (χ1n) is 5.22. The smallest absolute Gasteiger partial charge is 0.0953 e. The number of hydroxylamine groups is 2. The van der Waals surface area contributed by atoms with Gasteiger partial charge in [-0.1, -0.05) is 0 Å². The molecular weight excluding hydrogens is 186 g/mol. The first kappa shape index (κ1) is 9.75. The average molecular weight is 203 g/mol. The molecule has 2 aliphatic carbocycles. The van der Waals surface area contributed by atoms with Crippen LogP contribution in [0, 0.1) is 17.0 Å². The van der Waals surface area contributed by atoms with Gasteiger partial charge in [-0.15, -0.1) is 0 Å². The summed E-state index contributed by atoms with van der Waals surface area (Å²) in [5.41, 5.74) is 0.120. The van der Waals surface area contributed by atoms with Crippen molar-refractivity contribution in [3.63, 3.8) is 0 Å². The van der Waals surface area contributed by atoms with Crippen LogP contribution in [0.5, 0.6) is 0 Å². The molecule has 0 aromatic heterocycles. The lowest BCUT2D eigenvalue weighted by Gasteiger charge is -2.61. The van der Waals surface area contributed by atoms with Gasteiger partial charge in [-0.2, -0.15) is 0 Å². The molecule has 2 nitrogen and oxygen atoms in total. The van der Waals surface area contributed by atoms with Crippen LogP contribution < -0.4 is 17.5 Å². The molecule has 0 spiro atoms. The lowest BCUT2D eigenvalue weighted by atomic mass is 9.59. The van der Waals surface area contributed by atoms with Gasteiger partial charge < -0.3 is 22.7 Å². The molecule has 0 radical (unpaired) electrons. The normalized spacial score (nSPS) is 57.7. The molecular formula is C10H17ClNO-. The van der Waals surface area contributed by atoms with E-state index in [0.29, 0.717) is 11.1 Å². The van der Waals surface area contributed by atoms with Crippen molar-refractivity contribution in [2.75, 3.05) is 0 Å². The van der Waals surface area contributed by atoms with Gasteiger partial charge in [0.25, 0.3) is 0 Å². The highest BCUT2D eigenvalue weighted by Crippen LogP contribution is 2.46. The van der Waals surface area contributed by atoms with Crippen LogP contribution >= 0.6 is 0 Å². The maximum absolute atomic E-state index is 11.9. The molecule has 4 fully saturated rings. The molecule has 5 atom stereocenters. The van der Waals surface area contributed by atoms with Crippen molar-refractivity contribution >= 4 is 0 Å². The first-order chi connectivity index (χ1) is 5.67. The second kappa shape index (κ2) is 2.85. The largest absolute Gasteiger partial charge is 1.00 e. The predicted octanol–water partition coefficient (Wildman–Crippen LogP) is -2.28. The zero-order valence-corrected chi connectivity index (χ0v) is 8.81. The SMILES string of the molecule is CC12C[C@@H]3CC(C[C@@H](C3)C1)[NH+]2[O-].[Cl-]. The summed E-state index contributed by atoms with van der Waals surface area (Å²) in [7, 11) is 0. The van der Waals surface area contributed by atoms with Crippen molar-refractivity contribution in [3.8, 4) is 0 Å². The van der Waals surface area contributed by atoms with Gasteiger partial charge in [-0.3, -0.25) is 0 Å². The quantitative estimate of drug-likeness (QED) is 0.441. The van der Waals surface area contributed by atoms with Gasteiger partial charge in [0.05, 0.1) is 11.6 Å². The zero-order chi connectivity index (χ0) is 8.34. The molecule has 4 rings (SSSR count). The van der Waals surface area contributed by atoms with Gasteiger partial charge in [0.15, 0.2) is 0 Å². The Morgan fingerprint density at radius 1 is 1.15 bits per heavy atom. The zero-order valence-electron chi connectivity index (χ0n) is 8.05. The standard InChI is InChI=1S/C10H17NO.ClH/c1-10-5-7-2-8(6-10)4-9(3-7)11(10)12;/h7-9,11H,2-6H2,1H3;1H/p-1/t7-,8+,9?,10?;. The molecule has 76 valence electrons. The monoisotopic (exact) mass is 202 g/mol. The molecule has 0 aromatic carbocycles. The third-order valence-electron chi connectivity index (χ3n) is 4.35. The highest BCUT2D eigenvalue weighted by atomic mass is 35.5. The van der Waals surface area contributed by atoms with E-state index in [9.17, 15) is 5.21 Å². The molecule has 0 amide bonds. The van der Waals surface area contributed by atoms with E-state index in [1.807, 2.05) is 0 Å². The molecule has 13 heavy (non-hydrogen) atoms. The van der Waals surface area contributed by atoms with Crippen LogP contribution in [-0.2, 0) is 0 Å². The summed E-state index contributed by atoms with van der Waals surface area (Å²) >= 11 is 0. The highest BCUT2D eigenvalue weighted by molar-refractivity contribution is 4.97. The molecule has 0 aromatic rings. The van der Waals surface area contributed by atoms with Gasteiger partial charge in [0.1, 0.15) is 0 Å². The number of rotatable bonds is 0. The Hall–Kier alpha value is 0.210. The molecule has 2 heterocycles. The highest BCUT2D eigenvalue weighted by Gasteiger charge is 2.53. The predicted molar refractivity (Wildman–Crippen MR) is 46.6 cm³/mol. The minimum absolute atomic E-state index is 0. The number of piperidine rings is 2. The van der Waals surface area contributed by atoms with E-state index in [0.717, 1.165) is 11.8 Å². The summed E-state index contributed by atoms with van der Waals surface area (Å²) in [4.78, 5) is 0. The van der Waals surface area contributed by atoms with Gasteiger partial charge in [-0.05, 0) is 25.2 Å². The van der Waals surface area contributed by atoms with Crippen molar-refractivity contribution in [2.45, 2.75) is 50.6 Å². The Bertz CT molecular complexity index is 207. The Morgan fingerprint density at radius 2 is 1.69 bits per heavy atom. The third kappa shape index (κ3) is 1.23. The first-order valence-corrected chi connectivity index (χ1v) is 5.22. The Kier molecular flexibility index (Phi) is 2.14. The van der Waals surface area contributed by atoms with Crippen LogP contribution in [0.2, 0.25) is 0 Å². The van der Waals surface area contributed by atoms with Crippen molar-refractivity contribution < 1.29 is 17.5 Å². The van der Waals surface area contributed by atoms with E-state index >= 15 is 0 Å². The number of quaternary nitrogens is 1. The summed E-state index contributed by atoms with van der Waals surface area (Å²) in [6.07, 6.45) is 6.30. The summed E-state index contributed by atoms with van der Waals surface area (Å²) in [6, 6.07) is 0.473. The number of halogens is 1. The van der Waals surface area contributed by atoms with Crippen molar-refractivity contribution in [1.82, 2.24) is 0 Å². The molecule has 3 unspecified atom stereocenters. The number of hydrogen-bond acceptors (Lipinski definition) is 1. The fraction of sp³-hybridized carbons (Fsp3) is 1.00. The average Bonchev–Trinajstić information content (AvgIpc) is 1.98. The number of hydrogen-bond donors (Lipinski definition) is 1. The second-order valence-corrected chi connectivity index (χ2v) is 5.47. The molecule has 2 aliphatic heterocycles. The van der Waals surface area contributed by atoms with Crippen molar-refractivity contribution in [3.05, 3.63) is 5.21 Å².